The third-order valence-corrected chi connectivity index (χ3v) is 2.09. The molecule has 0 fully saturated rings. The molecule has 0 heterocycles. The van der Waals surface area contributed by atoms with Crippen LogP contribution in [0.25, 0.3) is 0 Å². The van der Waals surface area contributed by atoms with E-state index in [9.17, 15) is 9.18 Å². The van der Waals surface area contributed by atoms with Gasteiger partial charge in [0.2, 0.25) is 0 Å². The normalized spacial score (nSPS) is 11.8. The first kappa shape index (κ1) is 12.3. The molecule has 1 aromatic carbocycles. The fraction of sp³-hybridized carbons (Fsp3) is 0.364. The summed E-state index contributed by atoms with van der Waals surface area (Å²) in [6.45, 7) is 1.65. The van der Waals surface area contributed by atoms with Crippen molar-refractivity contribution in [1.82, 2.24) is 0 Å². The van der Waals surface area contributed by atoms with E-state index >= 15 is 0 Å². The summed E-state index contributed by atoms with van der Waals surface area (Å²) < 4.78 is 22.4. The molecule has 5 heteroatoms. The van der Waals surface area contributed by atoms with Crippen LogP contribution < -0.4 is 10.1 Å². The van der Waals surface area contributed by atoms with Gasteiger partial charge in [0.1, 0.15) is 17.6 Å². The fourth-order valence-corrected chi connectivity index (χ4v) is 1.25. The highest BCUT2D eigenvalue weighted by Crippen LogP contribution is 2.25. The van der Waals surface area contributed by atoms with Gasteiger partial charge in [-0.05, 0) is 19.1 Å². The van der Waals surface area contributed by atoms with Gasteiger partial charge in [-0.25, -0.2) is 9.18 Å². The van der Waals surface area contributed by atoms with Gasteiger partial charge in [0.15, 0.2) is 0 Å². The van der Waals surface area contributed by atoms with Crippen LogP contribution >= 0.6 is 0 Å². The lowest BCUT2D eigenvalue weighted by Gasteiger charge is -2.15. The van der Waals surface area contributed by atoms with E-state index in [4.69, 9.17) is 4.74 Å². The fourth-order valence-electron chi connectivity index (χ4n) is 1.25. The van der Waals surface area contributed by atoms with Crippen molar-refractivity contribution < 1.29 is 18.7 Å². The number of methoxy groups -OCH3 is 2. The molecule has 0 aromatic heterocycles. The molecule has 0 saturated heterocycles. The van der Waals surface area contributed by atoms with Crippen LogP contribution in [-0.2, 0) is 9.53 Å². The van der Waals surface area contributed by atoms with Gasteiger partial charge in [-0.2, -0.15) is 0 Å². The number of halogens is 1. The Morgan fingerprint density at radius 2 is 2.12 bits per heavy atom. The van der Waals surface area contributed by atoms with E-state index in [1.54, 1.807) is 6.92 Å². The second-order valence-electron chi connectivity index (χ2n) is 3.23. The Bertz CT molecular complexity index is 381. The Labute approximate surface area is 93.4 Å². The number of anilines is 1. The van der Waals surface area contributed by atoms with Gasteiger partial charge in [-0.1, -0.05) is 0 Å². The monoisotopic (exact) mass is 227 g/mol. The van der Waals surface area contributed by atoms with Crippen LogP contribution in [-0.4, -0.2) is 26.2 Å². The third-order valence-electron chi connectivity index (χ3n) is 2.09. The molecule has 0 bridgehead atoms. The molecule has 0 aliphatic carbocycles. The van der Waals surface area contributed by atoms with Gasteiger partial charge in [-0.3, -0.25) is 0 Å². The highest BCUT2D eigenvalue weighted by molar-refractivity contribution is 5.79. The predicted octanol–water partition coefficient (Wildman–Crippen LogP) is 1.81. The molecule has 0 amide bonds. The van der Waals surface area contributed by atoms with E-state index in [0.717, 1.165) is 0 Å². The summed E-state index contributed by atoms with van der Waals surface area (Å²) in [7, 11) is 2.74. The van der Waals surface area contributed by atoms with Gasteiger partial charge >= 0.3 is 5.97 Å². The van der Waals surface area contributed by atoms with Crippen LogP contribution in [0.3, 0.4) is 0 Å². The first-order valence-electron chi connectivity index (χ1n) is 4.76. The zero-order chi connectivity index (χ0) is 12.1. The van der Waals surface area contributed by atoms with E-state index in [-0.39, 0.29) is 0 Å². The van der Waals surface area contributed by atoms with Crippen LogP contribution in [0, 0.1) is 5.82 Å². The lowest BCUT2D eigenvalue weighted by atomic mass is 10.2. The second-order valence-corrected chi connectivity index (χ2v) is 3.23. The lowest BCUT2D eigenvalue weighted by Crippen LogP contribution is -2.27. The molecule has 4 nitrogen and oxygen atoms in total. The number of esters is 1. The zero-order valence-corrected chi connectivity index (χ0v) is 9.41. The summed E-state index contributed by atoms with van der Waals surface area (Å²) in [6, 6.07) is 3.51. The Morgan fingerprint density at radius 1 is 1.44 bits per heavy atom. The molecule has 1 aromatic rings. The molecule has 0 radical (unpaired) electrons. The van der Waals surface area contributed by atoms with E-state index < -0.39 is 17.8 Å². The van der Waals surface area contributed by atoms with Crippen molar-refractivity contribution in [1.29, 1.82) is 0 Å². The number of carbonyl (C=O) groups excluding carboxylic acids is 1. The standard InChI is InChI=1S/C11H14FNO3/c1-7(11(14)16-3)13-9-5-4-8(12)6-10(9)15-2/h4-7,13H,1-3H3. The average molecular weight is 227 g/mol. The van der Waals surface area contributed by atoms with Crippen molar-refractivity contribution in [2.75, 3.05) is 19.5 Å². The Morgan fingerprint density at radius 3 is 2.69 bits per heavy atom. The SMILES string of the molecule is COC(=O)C(C)Nc1ccc(F)cc1OC. The van der Waals surface area contributed by atoms with Gasteiger partial charge in [0, 0.05) is 6.07 Å². The average Bonchev–Trinajstić information content (AvgIpc) is 2.30. The van der Waals surface area contributed by atoms with Crippen LogP contribution in [0.4, 0.5) is 10.1 Å². The van der Waals surface area contributed by atoms with Crippen molar-refractivity contribution in [2.45, 2.75) is 13.0 Å². The molecule has 0 aliphatic heterocycles. The Balaban J connectivity index is 2.84. The second kappa shape index (κ2) is 5.34. The smallest absolute Gasteiger partial charge is 0.327 e. The zero-order valence-electron chi connectivity index (χ0n) is 9.41. The van der Waals surface area contributed by atoms with Crippen LogP contribution in [0.1, 0.15) is 6.92 Å². The van der Waals surface area contributed by atoms with Gasteiger partial charge in [0.25, 0.3) is 0 Å². The van der Waals surface area contributed by atoms with Crippen LogP contribution in [0.2, 0.25) is 0 Å². The molecule has 88 valence electrons. The molecular formula is C11H14FNO3. The molecule has 0 spiro atoms. The number of ether oxygens (including phenoxy) is 2. The summed E-state index contributed by atoms with van der Waals surface area (Å²) in [5.41, 5.74) is 0.543. The number of hydrogen-bond donors (Lipinski definition) is 1. The molecule has 1 unspecified atom stereocenters. The summed E-state index contributed by atoms with van der Waals surface area (Å²) in [5.74, 6) is -0.449. The first-order chi connectivity index (χ1) is 7.58. The quantitative estimate of drug-likeness (QED) is 0.797. The Kier molecular flexibility index (Phi) is 4.10. The molecular weight excluding hydrogens is 213 g/mol. The Hall–Kier alpha value is -1.78. The largest absolute Gasteiger partial charge is 0.494 e. The topological polar surface area (TPSA) is 47.6 Å². The van der Waals surface area contributed by atoms with Gasteiger partial charge in [0.05, 0.1) is 19.9 Å². The minimum absolute atomic E-state index is 0.343. The lowest BCUT2D eigenvalue weighted by molar-refractivity contribution is -0.141. The molecule has 0 aliphatic rings. The van der Waals surface area contributed by atoms with E-state index in [0.29, 0.717) is 11.4 Å². The third kappa shape index (κ3) is 2.85. The number of hydrogen-bond acceptors (Lipinski definition) is 4. The molecule has 1 atom stereocenters. The molecule has 1 rings (SSSR count). The number of nitrogens with one attached hydrogen (secondary N) is 1. The summed E-state index contributed by atoms with van der Waals surface area (Å²) in [5, 5.41) is 2.87. The van der Waals surface area contributed by atoms with Crippen LogP contribution in [0.15, 0.2) is 18.2 Å². The van der Waals surface area contributed by atoms with E-state index in [1.807, 2.05) is 0 Å². The van der Waals surface area contributed by atoms with E-state index in [1.165, 1.54) is 32.4 Å². The molecule has 1 N–H and O–H groups in total. The molecule has 0 saturated carbocycles. The summed E-state index contributed by atoms with van der Waals surface area (Å²) in [4.78, 5) is 11.2. The van der Waals surface area contributed by atoms with Crippen molar-refractivity contribution in [2.24, 2.45) is 0 Å². The highest BCUT2D eigenvalue weighted by atomic mass is 19.1. The first-order valence-corrected chi connectivity index (χ1v) is 4.76. The maximum atomic E-state index is 12.9. The minimum atomic E-state index is -0.524. The molecule has 16 heavy (non-hydrogen) atoms. The van der Waals surface area contributed by atoms with Gasteiger partial charge < -0.3 is 14.8 Å². The summed E-state index contributed by atoms with van der Waals surface area (Å²) >= 11 is 0. The highest BCUT2D eigenvalue weighted by Gasteiger charge is 2.14. The van der Waals surface area contributed by atoms with Crippen LogP contribution in [0.5, 0.6) is 5.75 Å². The van der Waals surface area contributed by atoms with Gasteiger partial charge in [-0.15, -0.1) is 0 Å². The van der Waals surface area contributed by atoms with Crippen molar-refractivity contribution >= 4 is 11.7 Å². The summed E-state index contributed by atoms with van der Waals surface area (Å²) in [6.07, 6.45) is 0. The van der Waals surface area contributed by atoms with Crippen molar-refractivity contribution in [3.05, 3.63) is 24.0 Å². The van der Waals surface area contributed by atoms with Crippen molar-refractivity contribution in [3.8, 4) is 5.75 Å². The maximum Gasteiger partial charge on any atom is 0.327 e. The number of benzene rings is 1. The van der Waals surface area contributed by atoms with Crippen molar-refractivity contribution in [3.63, 3.8) is 0 Å². The van der Waals surface area contributed by atoms with E-state index in [2.05, 4.69) is 10.1 Å². The number of rotatable bonds is 4. The minimum Gasteiger partial charge on any atom is -0.494 e. The maximum absolute atomic E-state index is 12.9. The number of carbonyl (C=O) groups is 1. The predicted molar refractivity (Wildman–Crippen MR) is 58.1 cm³/mol.